The van der Waals surface area contributed by atoms with Gasteiger partial charge in [-0.2, -0.15) is 0 Å². The van der Waals surface area contributed by atoms with Crippen LogP contribution in [0.1, 0.15) is 5.56 Å². The maximum absolute atomic E-state index is 15.3. The molecule has 0 spiro atoms. The molecular formula is C23H22FN5O4. The normalized spacial score (nSPS) is 22.7. The SMILES string of the molecule is Cc1c(-c2cc3cc(NC(=O)OC4C5COCC54)ncc3c(N)c2F)cnc2c1NCCO2. The molecule has 2 aromatic heterocycles. The van der Waals surface area contributed by atoms with E-state index in [0.29, 0.717) is 71.8 Å². The van der Waals surface area contributed by atoms with Gasteiger partial charge in [0.05, 0.1) is 18.9 Å². The fourth-order valence-electron chi connectivity index (χ4n) is 4.67. The van der Waals surface area contributed by atoms with Crippen molar-refractivity contribution in [1.29, 1.82) is 0 Å². The molecule has 6 rings (SSSR count). The Morgan fingerprint density at radius 1 is 1.24 bits per heavy atom. The van der Waals surface area contributed by atoms with E-state index in [1.54, 1.807) is 18.3 Å². The molecule has 33 heavy (non-hydrogen) atoms. The Balaban J connectivity index is 1.32. The van der Waals surface area contributed by atoms with Gasteiger partial charge in [-0.1, -0.05) is 0 Å². The van der Waals surface area contributed by atoms with Crippen molar-refractivity contribution < 1.29 is 23.4 Å². The van der Waals surface area contributed by atoms with Crippen LogP contribution in [-0.2, 0) is 9.47 Å². The Kier molecular flexibility index (Phi) is 4.51. The number of ether oxygens (including phenoxy) is 3. The minimum absolute atomic E-state index is 0.0173. The number of amides is 1. The minimum Gasteiger partial charge on any atom is -0.474 e. The van der Waals surface area contributed by atoms with Crippen LogP contribution in [0, 0.1) is 24.6 Å². The van der Waals surface area contributed by atoms with Gasteiger partial charge in [-0.15, -0.1) is 0 Å². The zero-order valence-electron chi connectivity index (χ0n) is 17.9. The largest absolute Gasteiger partial charge is 0.474 e. The number of carbonyl (C=O) groups is 1. The second-order valence-electron chi connectivity index (χ2n) is 8.55. The Morgan fingerprint density at radius 3 is 2.88 bits per heavy atom. The summed E-state index contributed by atoms with van der Waals surface area (Å²) < 4.78 is 31.6. The number of halogens is 1. The molecule has 1 amide bonds. The van der Waals surface area contributed by atoms with Gasteiger partial charge in [0, 0.05) is 47.3 Å². The van der Waals surface area contributed by atoms with Crippen molar-refractivity contribution in [2.75, 3.05) is 42.7 Å². The average Bonchev–Trinajstić information content (AvgIpc) is 3.22. The summed E-state index contributed by atoms with van der Waals surface area (Å²) in [6, 6.07) is 3.33. The lowest BCUT2D eigenvalue weighted by molar-refractivity contribution is 0.0900. The molecule has 2 unspecified atom stereocenters. The first kappa shape index (κ1) is 20.0. The maximum Gasteiger partial charge on any atom is 0.413 e. The molecule has 2 atom stereocenters. The Labute approximate surface area is 188 Å². The van der Waals surface area contributed by atoms with Crippen molar-refractivity contribution >= 4 is 34.1 Å². The summed E-state index contributed by atoms with van der Waals surface area (Å²) in [6.45, 7) is 4.31. The summed E-state index contributed by atoms with van der Waals surface area (Å²) in [5.41, 5.74) is 8.57. The Morgan fingerprint density at radius 2 is 2.06 bits per heavy atom. The third-order valence-electron chi connectivity index (χ3n) is 6.58. The van der Waals surface area contributed by atoms with Crippen molar-refractivity contribution in [3.05, 3.63) is 35.9 Å². The molecule has 170 valence electrons. The van der Waals surface area contributed by atoms with Crippen LogP contribution < -0.4 is 21.1 Å². The summed E-state index contributed by atoms with van der Waals surface area (Å²) in [5.74, 6) is 0.825. The standard InChI is InChI=1S/C23H22FN5O4/c1-10-13(6-28-22-20(10)26-2-3-32-22)12-4-11-5-17(27-7-14(11)19(25)18(12)24)29-23(30)33-21-15-8-31-9-16(15)21/h4-7,15-16,21,26H,2-3,8-9,25H2,1H3,(H,27,29,30). The summed E-state index contributed by atoms with van der Waals surface area (Å²) in [6.07, 6.45) is 2.35. The van der Waals surface area contributed by atoms with Gasteiger partial charge in [-0.3, -0.25) is 5.32 Å². The number of benzene rings is 1. The third kappa shape index (κ3) is 3.29. The third-order valence-corrected chi connectivity index (χ3v) is 6.58. The molecule has 3 aromatic rings. The number of pyridine rings is 2. The van der Waals surface area contributed by atoms with Gasteiger partial charge < -0.3 is 25.3 Å². The molecule has 9 nitrogen and oxygen atoms in total. The van der Waals surface area contributed by atoms with Crippen LogP contribution in [0.3, 0.4) is 0 Å². The molecule has 3 aliphatic rings. The van der Waals surface area contributed by atoms with Crippen molar-refractivity contribution in [2.45, 2.75) is 13.0 Å². The number of nitrogens with two attached hydrogens (primary N) is 1. The fraction of sp³-hybridized carbons (Fsp3) is 0.348. The monoisotopic (exact) mass is 451 g/mol. The summed E-state index contributed by atoms with van der Waals surface area (Å²) in [7, 11) is 0. The van der Waals surface area contributed by atoms with Gasteiger partial charge in [-0.25, -0.2) is 19.2 Å². The highest BCUT2D eigenvalue weighted by atomic mass is 19.1. The smallest absolute Gasteiger partial charge is 0.413 e. The highest BCUT2D eigenvalue weighted by molar-refractivity contribution is 5.99. The fourth-order valence-corrected chi connectivity index (χ4v) is 4.67. The number of fused-ring (bicyclic) bond motifs is 3. The highest BCUT2D eigenvalue weighted by Crippen LogP contribution is 2.46. The molecule has 1 aliphatic carbocycles. The summed E-state index contributed by atoms with van der Waals surface area (Å²) in [5, 5.41) is 7.00. The number of carbonyl (C=O) groups excluding carboxylic acids is 1. The quantitative estimate of drug-likeness (QED) is 0.519. The van der Waals surface area contributed by atoms with E-state index in [9.17, 15) is 4.79 Å². The van der Waals surface area contributed by atoms with Crippen LogP contribution in [0.15, 0.2) is 24.5 Å². The van der Waals surface area contributed by atoms with Crippen LogP contribution in [0.2, 0.25) is 0 Å². The van der Waals surface area contributed by atoms with Gasteiger partial charge in [0.15, 0.2) is 5.82 Å². The predicted molar refractivity (Wildman–Crippen MR) is 120 cm³/mol. The van der Waals surface area contributed by atoms with E-state index < -0.39 is 11.9 Å². The van der Waals surface area contributed by atoms with Gasteiger partial charge >= 0.3 is 6.09 Å². The van der Waals surface area contributed by atoms with Crippen molar-refractivity contribution in [3.8, 4) is 17.0 Å². The van der Waals surface area contributed by atoms with E-state index in [1.807, 2.05) is 6.92 Å². The van der Waals surface area contributed by atoms with Gasteiger partial charge in [0.1, 0.15) is 24.2 Å². The molecule has 1 aromatic carbocycles. The number of hydrogen-bond acceptors (Lipinski definition) is 8. The van der Waals surface area contributed by atoms with Gasteiger partial charge in [0.25, 0.3) is 0 Å². The molecule has 10 heteroatoms. The molecule has 2 aliphatic heterocycles. The van der Waals surface area contributed by atoms with E-state index >= 15 is 4.39 Å². The minimum atomic E-state index is -0.572. The lowest BCUT2D eigenvalue weighted by atomic mass is 9.97. The molecule has 4 heterocycles. The lowest BCUT2D eigenvalue weighted by Gasteiger charge is -2.22. The van der Waals surface area contributed by atoms with Crippen molar-refractivity contribution in [2.24, 2.45) is 11.8 Å². The van der Waals surface area contributed by atoms with Crippen LogP contribution in [0.5, 0.6) is 5.88 Å². The first-order valence-electron chi connectivity index (χ1n) is 10.8. The number of nitrogens with one attached hydrogen (secondary N) is 2. The predicted octanol–water partition coefficient (Wildman–Crippen LogP) is 3.32. The second-order valence-corrected chi connectivity index (χ2v) is 8.55. The van der Waals surface area contributed by atoms with Crippen LogP contribution in [0.25, 0.3) is 21.9 Å². The Bertz CT molecular complexity index is 1290. The molecule has 0 bridgehead atoms. The number of nitrogens with zero attached hydrogens (tertiary/aromatic N) is 2. The molecule has 0 radical (unpaired) electrons. The van der Waals surface area contributed by atoms with E-state index in [2.05, 4.69) is 20.6 Å². The van der Waals surface area contributed by atoms with Crippen LogP contribution >= 0.6 is 0 Å². The topological polar surface area (TPSA) is 121 Å². The Hall–Kier alpha value is -3.66. The van der Waals surface area contributed by atoms with Crippen LogP contribution in [0.4, 0.5) is 26.4 Å². The number of rotatable bonds is 3. The second kappa shape index (κ2) is 7.45. The van der Waals surface area contributed by atoms with Crippen LogP contribution in [-0.4, -0.2) is 48.5 Å². The number of nitrogen functional groups attached to an aromatic ring is 1. The average molecular weight is 451 g/mol. The highest BCUT2D eigenvalue weighted by Gasteiger charge is 2.57. The molecule has 1 saturated carbocycles. The first-order valence-corrected chi connectivity index (χ1v) is 10.8. The summed E-state index contributed by atoms with van der Waals surface area (Å²) in [4.78, 5) is 20.8. The molecule has 4 N–H and O–H groups in total. The lowest BCUT2D eigenvalue weighted by Crippen LogP contribution is -2.20. The molecule has 2 fully saturated rings. The van der Waals surface area contributed by atoms with E-state index in [1.165, 1.54) is 6.20 Å². The molecular weight excluding hydrogens is 429 g/mol. The van der Waals surface area contributed by atoms with Crippen molar-refractivity contribution in [3.63, 3.8) is 0 Å². The zero-order chi connectivity index (χ0) is 22.7. The maximum atomic E-state index is 15.3. The zero-order valence-corrected chi connectivity index (χ0v) is 17.9. The number of hydrogen-bond donors (Lipinski definition) is 3. The van der Waals surface area contributed by atoms with Crippen molar-refractivity contribution in [1.82, 2.24) is 9.97 Å². The van der Waals surface area contributed by atoms with E-state index in [-0.39, 0.29) is 11.8 Å². The number of aromatic nitrogens is 2. The van der Waals surface area contributed by atoms with Gasteiger partial charge in [-0.05, 0) is 30.0 Å². The first-order chi connectivity index (χ1) is 16.0. The van der Waals surface area contributed by atoms with E-state index in [4.69, 9.17) is 19.9 Å². The molecule has 1 saturated heterocycles. The summed E-state index contributed by atoms with van der Waals surface area (Å²) >= 11 is 0. The number of anilines is 3. The van der Waals surface area contributed by atoms with Gasteiger partial charge in [0.2, 0.25) is 5.88 Å². The van der Waals surface area contributed by atoms with E-state index in [0.717, 1.165) is 11.3 Å².